The molecule has 0 saturated heterocycles. The van der Waals surface area contributed by atoms with Crippen LogP contribution < -0.4 is 10.6 Å². The van der Waals surface area contributed by atoms with E-state index in [0.29, 0.717) is 5.82 Å². The molecule has 0 heterocycles. The third-order valence-electron chi connectivity index (χ3n) is 2.31. The first-order valence-corrected chi connectivity index (χ1v) is 5.62. The Balaban J connectivity index is 2.62. The Kier molecular flexibility index (Phi) is 5.44. The van der Waals surface area contributed by atoms with Gasteiger partial charge in [-0.25, -0.2) is 0 Å². The third-order valence-corrected chi connectivity index (χ3v) is 2.31. The van der Waals surface area contributed by atoms with Crippen LogP contribution in [0.25, 0.3) is 0 Å². The van der Waals surface area contributed by atoms with Crippen molar-refractivity contribution in [3.8, 4) is 0 Å². The van der Waals surface area contributed by atoms with Crippen LogP contribution in [-0.4, -0.2) is 26.0 Å². The van der Waals surface area contributed by atoms with Gasteiger partial charge in [-0.05, 0) is 24.3 Å². The van der Waals surface area contributed by atoms with E-state index in [1.54, 1.807) is 11.1 Å². The largest absolute Gasteiger partial charge is 0.393 e. The van der Waals surface area contributed by atoms with Gasteiger partial charge in [-0.1, -0.05) is 6.58 Å². The van der Waals surface area contributed by atoms with E-state index in [4.69, 9.17) is 0 Å². The van der Waals surface area contributed by atoms with Crippen LogP contribution >= 0.6 is 0 Å². The summed E-state index contributed by atoms with van der Waals surface area (Å²) in [5, 5.41) is 14.1. The summed E-state index contributed by atoms with van der Waals surface area (Å²) in [6.07, 6.45) is 3.62. The molecule has 0 radical (unpaired) electrons. The number of hydrogen-bond donors (Lipinski definition) is 2. The van der Waals surface area contributed by atoms with Crippen molar-refractivity contribution in [2.45, 2.75) is 0 Å². The van der Waals surface area contributed by atoms with Gasteiger partial charge in [-0.15, -0.1) is 10.2 Å². The standard InChI is InChI=1S/C13H19N5/c1-11(18(4)10-9-14-2)16-17-13-7-5-12(15-3)6-8-13/h5-10,14-15H,1H2,2-4H3/b10-9-,17-16?. The first-order chi connectivity index (χ1) is 8.67. The van der Waals surface area contributed by atoms with Crippen LogP contribution in [0.15, 0.2) is 59.3 Å². The molecular weight excluding hydrogens is 226 g/mol. The molecule has 0 aliphatic heterocycles. The molecule has 0 aromatic heterocycles. The predicted octanol–water partition coefficient (Wildman–Crippen LogP) is 2.91. The summed E-state index contributed by atoms with van der Waals surface area (Å²) in [7, 11) is 5.57. The molecule has 0 fully saturated rings. The predicted molar refractivity (Wildman–Crippen MR) is 75.6 cm³/mol. The molecule has 0 aliphatic rings. The van der Waals surface area contributed by atoms with Crippen LogP contribution in [0.3, 0.4) is 0 Å². The molecular formula is C13H19N5. The zero-order chi connectivity index (χ0) is 13.4. The Morgan fingerprint density at radius 3 is 2.50 bits per heavy atom. The number of hydrogen-bond acceptors (Lipinski definition) is 5. The van der Waals surface area contributed by atoms with Crippen molar-refractivity contribution >= 4 is 11.4 Å². The Bertz CT molecular complexity index is 433. The summed E-state index contributed by atoms with van der Waals surface area (Å²) in [6.45, 7) is 3.83. The highest BCUT2D eigenvalue weighted by Crippen LogP contribution is 2.17. The Morgan fingerprint density at radius 1 is 1.28 bits per heavy atom. The SMILES string of the molecule is C=C(N=Nc1ccc(NC)cc1)N(C)/C=C\NC. The zero-order valence-electron chi connectivity index (χ0n) is 11.0. The minimum atomic E-state index is 0.569. The summed E-state index contributed by atoms with van der Waals surface area (Å²) in [5.74, 6) is 0.569. The highest BCUT2D eigenvalue weighted by atomic mass is 15.3. The van der Waals surface area contributed by atoms with Crippen molar-refractivity contribution < 1.29 is 0 Å². The normalized spacial score (nSPS) is 10.8. The van der Waals surface area contributed by atoms with Crippen LogP contribution in [0.4, 0.5) is 11.4 Å². The fraction of sp³-hybridized carbons (Fsp3) is 0.231. The minimum absolute atomic E-state index is 0.569. The monoisotopic (exact) mass is 245 g/mol. The first-order valence-electron chi connectivity index (χ1n) is 5.62. The van der Waals surface area contributed by atoms with E-state index < -0.39 is 0 Å². The highest BCUT2D eigenvalue weighted by Gasteiger charge is 1.96. The summed E-state index contributed by atoms with van der Waals surface area (Å²) in [4.78, 5) is 1.78. The van der Waals surface area contributed by atoms with Gasteiger partial charge in [0.15, 0.2) is 0 Å². The maximum Gasteiger partial charge on any atom is 0.147 e. The molecule has 96 valence electrons. The highest BCUT2D eigenvalue weighted by molar-refractivity contribution is 5.50. The van der Waals surface area contributed by atoms with Gasteiger partial charge in [0.1, 0.15) is 5.82 Å². The number of nitrogens with one attached hydrogen (secondary N) is 2. The van der Waals surface area contributed by atoms with Crippen LogP contribution in [0.2, 0.25) is 0 Å². The summed E-state index contributed by atoms with van der Waals surface area (Å²) >= 11 is 0. The van der Waals surface area contributed by atoms with E-state index in [1.165, 1.54) is 0 Å². The molecule has 18 heavy (non-hydrogen) atoms. The molecule has 5 heteroatoms. The Morgan fingerprint density at radius 2 is 1.94 bits per heavy atom. The van der Waals surface area contributed by atoms with Gasteiger partial charge in [0.2, 0.25) is 0 Å². The smallest absolute Gasteiger partial charge is 0.147 e. The van der Waals surface area contributed by atoms with Gasteiger partial charge in [-0.3, -0.25) is 0 Å². The van der Waals surface area contributed by atoms with Crippen molar-refractivity contribution in [1.82, 2.24) is 10.2 Å². The topological polar surface area (TPSA) is 52.0 Å². The number of benzene rings is 1. The first kappa shape index (κ1) is 13.8. The zero-order valence-corrected chi connectivity index (χ0v) is 11.0. The van der Waals surface area contributed by atoms with Gasteiger partial charge in [-0.2, -0.15) is 0 Å². The van der Waals surface area contributed by atoms with Crippen molar-refractivity contribution in [3.05, 3.63) is 49.1 Å². The molecule has 0 spiro atoms. The number of anilines is 1. The molecule has 1 aromatic rings. The molecule has 0 bridgehead atoms. The van der Waals surface area contributed by atoms with Gasteiger partial charge >= 0.3 is 0 Å². The van der Waals surface area contributed by atoms with Gasteiger partial charge in [0.25, 0.3) is 0 Å². The van der Waals surface area contributed by atoms with Crippen LogP contribution in [-0.2, 0) is 0 Å². The summed E-state index contributed by atoms with van der Waals surface area (Å²) in [6, 6.07) is 7.68. The lowest BCUT2D eigenvalue weighted by Gasteiger charge is -2.11. The van der Waals surface area contributed by atoms with E-state index in [0.717, 1.165) is 11.4 Å². The lowest BCUT2D eigenvalue weighted by Crippen LogP contribution is -2.08. The second kappa shape index (κ2) is 7.11. The quantitative estimate of drug-likeness (QED) is 0.758. The van der Waals surface area contributed by atoms with E-state index in [9.17, 15) is 0 Å². The van der Waals surface area contributed by atoms with Gasteiger partial charge in [0, 0.05) is 39.2 Å². The van der Waals surface area contributed by atoms with Gasteiger partial charge < -0.3 is 15.5 Å². The number of azo groups is 1. The summed E-state index contributed by atoms with van der Waals surface area (Å²) < 4.78 is 0. The van der Waals surface area contributed by atoms with Crippen molar-refractivity contribution in [2.24, 2.45) is 10.2 Å². The molecule has 0 amide bonds. The molecule has 0 saturated carbocycles. The molecule has 2 N–H and O–H groups in total. The third kappa shape index (κ3) is 4.29. The Labute approximate surface area is 108 Å². The molecule has 1 aromatic carbocycles. The summed E-state index contributed by atoms with van der Waals surface area (Å²) in [5.41, 5.74) is 1.84. The average Bonchev–Trinajstić information content (AvgIpc) is 2.42. The van der Waals surface area contributed by atoms with Crippen molar-refractivity contribution in [2.75, 3.05) is 26.5 Å². The Hall–Kier alpha value is -2.30. The van der Waals surface area contributed by atoms with Crippen LogP contribution in [0, 0.1) is 0 Å². The molecule has 1 rings (SSSR count). The van der Waals surface area contributed by atoms with E-state index in [1.807, 2.05) is 51.6 Å². The molecule has 0 atom stereocenters. The molecule has 0 unspecified atom stereocenters. The van der Waals surface area contributed by atoms with Gasteiger partial charge in [0.05, 0.1) is 5.69 Å². The fourth-order valence-electron chi connectivity index (χ4n) is 1.15. The second-order valence-electron chi connectivity index (χ2n) is 3.63. The minimum Gasteiger partial charge on any atom is -0.393 e. The molecule has 0 aliphatic carbocycles. The van der Waals surface area contributed by atoms with Crippen molar-refractivity contribution in [1.29, 1.82) is 0 Å². The van der Waals surface area contributed by atoms with Crippen molar-refractivity contribution in [3.63, 3.8) is 0 Å². The van der Waals surface area contributed by atoms with E-state index in [2.05, 4.69) is 27.4 Å². The van der Waals surface area contributed by atoms with Crippen LogP contribution in [0.5, 0.6) is 0 Å². The maximum absolute atomic E-state index is 4.11. The average molecular weight is 245 g/mol. The second-order valence-corrected chi connectivity index (χ2v) is 3.63. The van der Waals surface area contributed by atoms with E-state index >= 15 is 0 Å². The molecule has 5 nitrogen and oxygen atoms in total. The number of nitrogens with zero attached hydrogens (tertiary/aromatic N) is 3. The van der Waals surface area contributed by atoms with E-state index in [-0.39, 0.29) is 0 Å². The van der Waals surface area contributed by atoms with Crippen LogP contribution in [0.1, 0.15) is 0 Å². The maximum atomic E-state index is 4.11. The fourth-order valence-corrected chi connectivity index (χ4v) is 1.15. The number of rotatable bonds is 6. The lowest BCUT2D eigenvalue weighted by molar-refractivity contribution is 0.553. The lowest BCUT2D eigenvalue weighted by atomic mass is 10.3.